The summed E-state index contributed by atoms with van der Waals surface area (Å²) >= 11 is 0. The number of hydrogen-bond acceptors (Lipinski definition) is 4. The molecule has 2 N–H and O–H groups in total. The van der Waals surface area contributed by atoms with Crippen molar-refractivity contribution in [3.63, 3.8) is 0 Å². The molecule has 0 heterocycles. The van der Waals surface area contributed by atoms with Crippen LogP contribution in [0, 0.1) is 5.82 Å². The fourth-order valence-corrected chi connectivity index (χ4v) is 2.47. The molecule has 0 aromatic heterocycles. The summed E-state index contributed by atoms with van der Waals surface area (Å²) in [4.78, 5) is 35.9. The van der Waals surface area contributed by atoms with Gasteiger partial charge < -0.3 is 15.4 Å². The SMILES string of the molecule is C=CCCC[C@@H](NC(=O)[C@@H](Cc1ccccc1F)NC(C)=O)C(=O)OC. The first-order valence-corrected chi connectivity index (χ1v) is 8.38. The zero-order valence-corrected chi connectivity index (χ0v) is 15.1. The normalized spacial score (nSPS) is 12.6. The lowest BCUT2D eigenvalue weighted by molar-refractivity contribution is -0.145. The topological polar surface area (TPSA) is 84.5 Å². The summed E-state index contributed by atoms with van der Waals surface area (Å²) in [5.41, 5.74) is 0.294. The Morgan fingerprint density at radius 3 is 2.50 bits per heavy atom. The quantitative estimate of drug-likeness (QED) is 0.377. The number of carbonyl (C=O) groups excluding carboxylic acids is 3. The fraction of sp³-hybridized carbons (Fsp3) is 0.421. The van der Waals surface area contributed by atoms with Crippen LogP contribution in [-0.2, 0) is 25.5 Å². The summed E-state index contributed by atoms with van der Waals surface area (Å²) < 4.78 is 18.6. The molecule has 0 aliphatic carbocycles. The van der Waals surface area contributed by atoms with Crippen molar-refractivity contribution in [3.8, 4) is 0 Å². The third kappa shape index (κ3) is 7.04. The van der Waals surface area contributed by atoms with Crippen LogP contribution in [0.15, 0.2) is 36.9 Å². The molecule has 2 atom stereocenters. The number of ether oxygens (including phenoxy) is 1. The number of nitrogens with one attached hydrogen (secondary N) is 2. The van der Waals surface area contributed by atoms with Gasteiger partial charge in [0.05, 0.1) is 7.11 Å². The van der Waals surface area contributed by atoms with Crippen molar-refractivity contribution in [2.75, 3.05) is 7.11 Å². The summed E-state index contributed by atoms with van der Waals surface area (Å²) in [7, 11) is 1.24. The minimum Gasteiger partial charge on any atom is -0.467 e. The monoisotopic (exact) mass is 364 g/mol. The number of methoxy groups -OCH3 is 1. The van der Waals surface area contributed by atoms with Crippen molar-refractivity contribution in [2.45, 2.75) is 44.7 Å². The molecule has 1 rings (SSSR count). The summed E-state index contributed by atoms with van der Waals surface area (Å²) in [5.74, 6) is -2.04. The Bertz CT molecular complexity index is 648. The molecule has 0 aliphatic heterocycles. The molecule has 0 bridgehead atoms. The van der Waals surface area contributed by atoms with E-state index in [0.717, 1.165) is 0 Å². The van der Waals surface area contributed by atoms with Crippen LogP contribution < -0.4 is 10.6 Å². The van der Waals surface area contributed by atoms with E-state index >= 15 is 0 Å². The number of allylic oxidation sites excluding steroid dienone is 1. The number of hydrogen-bond donors (Lipinski definition) is 2. The van der Waals surface area contributed by atoms with Gasteiger partial charge in [-0.25, -0.2) is 9.18 Å². The number of esters is 1. The lowest BCUT2D eigenvalue weighted by atomic mass is 10.0. The Kier molecular flexibility index (Phi) is 9.05. The Labute approximate surface area is 152 Å². The maximum Gasteiger partial charge on any atom is 0.328 e. The largest absolute Gasteiger partial charge is 0.467 e. The molecule has 2 amide bonds. The van der Waals surface area contributed by atoms with Crippen molar-refractivity contribution in [3.05, 3.63) is 48.3 Å². The van der Waals surface area contributed by atoms with Crippen LogP contribution in [0.4, 0.5) is 4.39 Å². The second kappa shape index (κ2) is 11.0. The molecule has 7 heteroatoms. The highest BCUT2D eigenvalue weighted by molar-refractivity contribution is 5.90. The Morgan fingerprint density at radius 1 is 1.23 bits per heavy atom. The van der Waals surface area contributed by atoms with Crippen molar-refractivity contribution < 1.29 is 23.5 Å². The smallest absolute Gasteiger partial charge is 0.328 e. The van der Waals surface area contributed by atoms with E-state index in [1.165, 1.54) is 20.1 Å². The van der Waals surface area contributed by atoms with Crippen molar-refractivity contribution in [2.24, 2.45) is 0 Å². The van der Waals surface area contributed by atoms with Crippen LogP contribution in [0.3, 0.4) is 0 Å². The van der Waals surface area contributed by atoms with Gasteiger partial charge in [-0.1, -0.05) is 24.3 Å². The van der Waals surface area contributed by atoms with Crippen LogP contribution in [0.2, 0.25) is 0 Å². The van der Waals surface area contributed by atoms with E-state index in [4.69, 9.17) is 4.74 Å². The van der Waals surface area contributed by atoms with Crippen LogP contribution in [0.25, 0.3) is 0 Å². The highest BCUT2D eigenvalue weighted by Gasteiger charge is 2.27. The van der Waals surface area contributed by atoms with E-state index in [2.05, 4.69) is 17.2 Å². The first kappa shape index (κ1) is 21.3. The fourth-order valence-electron chi connectivity index (χ4n) is 2.47. The predicted molar refractivity (Wildman–Crippen MR) is 95.7 cm³/mol. The molecule has 142 valence electrons. The van der Waals surface area contributed by atoms with Crippen molar-refractivity contribution in [1.29, 1.82) is 0 Å². The molecular weight excluding hydrogens is 339 g/mol. The molecule has 1 aromatic rings. The van der Waals surface area contributed by atoms with E-state index in [-0.39, 0.29) is 6.42 Å². The third-order valence-corrected chi connectivity index (χ3v) is 3.78. The van der Waals surface area contributed by atoms with Crippen LogP contribution >= 0.6 is 0 Å². The van der Waals surface area contributed by atoms with E-state index in [1.54, 1.807) is 24.3 Å². The molecule has 0 spiro atoms. The van der Waals surface area contributed by atoms with Gasteiger partial charge in [-0.05, 0) is 30.9 Å². The molecular formula is C19H25FN2O4. The summed E-state index contributed by atoms with van der Waals surface area (Å²) in [6, 6.07) is 4.16. The highest BCUT2D eigenvalue weighted by atomic mass is 19.1. The maximum absolute atomic E-state index is 13.9. The van der Waals surface area contributed by atoms with Gasteiger partial charge >= 0.3 is 5.97 Å². The van der Waals surface area contributed by atoms with Gasteiger partial charge in [0.2, 0.25) is 11.8 Å². The van der Waals surface area contributed by atoms with Gasteiger partial charge in [-0.15, -0.1) is 6.58 Å². The lowest BCUT2D eigenvalue weighted by Crippen LogP contribution is -2.52. The number of halogens is 1. The van der Waals surface area contributed by atoms with E-state index in [9.17, 15) is 18.8 Å². The number of unbranched alkanes of at least 4 members (excludes halogenated alkanes) is 1. The van der Waals surface area contributed by atoms with Crippen LogP contribution in [0.1, 0.15) is 31.7 Å². The molecule has 0 saturated heterocycles. The molecule has 0 saturated carbocycles. The number of amides is 2. The zero-order chi connectivity index (χ0) is 19.5. The Morgan fingerprint density at radius 2 is 1.92 bits per heavy atom. The van der Waals surface area contributed by atoms with Crippen molar-refractivity contribution >= 4 is 17.8 Å². The minimum absolute atomic E-state index is 0.0291. The Balaban J connectivity index is 2.88. The molecule has 0 unspecified atom stereocenters. The second-order valence-electron chi connectivity index (χ2n) is 5.85. The average Bonchev–Trinajstić information content (AvgIpc) is 2.61. The van der Waals surface area contributed by atoms with Crippen molar-refractivity contribution in [1.82, 2.24) is 10.6 Å². The van der Waals surface area contributed by atoms with Gasteiger partial charge in [0.25, 0.3) is 0 Å². The third-order valence-electron chi connectivity index (χ3n) is 3.78. The summed E-state index contributed by atoms with van der Waals surface area (Å²) in [6.45, 7) is 4.88. The van der Waals surface area contributed by atoms with Gasteiger partial charge in [0.15, 0.2) is 0 Å². The van der Waals surface area contributed by atoms with E-state index in [1.807, 2.05) is 0 Å². The van der Waals surface area contributed by atoms with Gasteiger partial charge in [0, 0.05) is 13.3 Å². The molecule has 1 aromatic carbocycles. The number of rotatable bonds is 10. The number of benzene rings is 1. The average molecular weight is 364 g/mol. The summed E-state index contributed by atoms with van der Waals surface area (Å²) in [5, 5.41) is 5.09. The summed E-state index contributed by atoms with van der Waals surface area (Å²) in [6.07, 6.45) is 3.39. The van der Waals surface area contributed by atoms with Gasteiger partial charge in [-0.2, -0.15) is 0 Å². The molecule has 0 radical (unpaired) electrons. The highest BCUT2D eigenvalue weighted by Crippen LogP contribution is 2.10. The molecule has 0 aliphatic rings. The lowest BCUT2D eigenvalue weighted by Gasteiger charge is -2.22. The van der Waals surface area contributed by atoms with E-state index in [0.29, 0.717) is 24.8 Å². The molecule has 6 nitrogen and oxygen atoms in total. The first-order valence-electron chi connectivity index (χ1n) is 8.38. The second-order valence-corrected chi connectivity index (χ2v) is 5.85. The van der Waals surface area contributed by atoms with Crippen LogP contribution in [0.5, 0.6) is 0 Å². The minimum atomic E-state index is -1.00. The van der Waals surface area contributed by atoms with Crippen LogP contribution in [-0.4, -0.2) is 37.0 Å². The standard InChI is InChI=1S/C19H25FN2O4/c1-4-5-6-11-16(19(25)26-3)22-18(24)17(21-13(2)23)12-14-9-7-8-10-15(14)20/h4,7-10,16-17H,1,5-6,11-12H2,2-3H3,(H,21,23)(H,22,24)/t16-,17-/m1/s1. The predicted octanol–water partition coefficient (Wildman–Crippen LogP) is 1.89. The molecule has 26 heavy (non-hydrogen) atoms. The zero-order valence-electron chi connectivity index (χ0n) is 15.1. The maximum atomic E-state index is 13.9. The van der Waals surface area contributed by atoms with Gasteiger partial charge in [-0.3, -0.25) is 9.59 Å². The number of carbonyl (C=O) groups is 3. The molecule has 0 fully saturated rings. The van der Waals surface area contributed by atoms with Gasteiger partial charge in [0.1, 0.15) is 17.9 Å². The first-order chi connectivity index (χ1) is 12.4. The van der Waals surface area contributed by atoms with E-state index < -0.39 is 35.7 Å². The Hall–Kier alpha value is -2.70.